The Hall–Kier alpha value is -2.92. The third kappa shape index (κ3) is 3.51. The molecule has 0 unspecified atom stereocenters. The Kier molecular flexibility index (Phi) is 4.77. The highest BCUT2D eigenvalue weighted by molar-refractivity contribution is 5.92. The number of benzene rings is 2. The number of nitrogens with zero attached hydrogens (tertiary/aromatic N) is 3. The molecular formula is C22H24N4O. The first-order valence-corrected chi connectivity index (χ1v) is 9.27. The molecule has 0 aliphatic carbocycles. The molecule has 0 spiro atoms. The molecule has 0 radical (unpaired) electrons. The van der Waals surface area contributed by atoms with Gasteiger partial charge >= 0.3 is 0 Å². The lowest BCUT2D eigenvalue weighted by Gasteiger charge is -2.12. The van der Waals surface area contributed by atoms with Crippen LogP contribution in [0, 0.1) is 6.92 Å². The Labute approximate surface area is 159 Å². The van der Waals surface area contributed by atoms with Crippen molar-refractivity contribution in [3.63, 3.8) is 0 Å². The van der Waals surface area contributed by atoms with Gasteiger partial charge in [0.05, 0.1) is 5.52 Å². The average Bonchev–Trinajstić information content (AvgIpc) is 3.02. The summed E-state index contributed by atoms with van der Waals surface area (Å²) in [5, 5.41) is 5.62. The van der Waals surface area contributed by atoms with E-state index >= 15 is 0 Å². The maximum atomic E-state index is 6.09. The lowest BCUT2D eigenvalue weighted by molar-refractivity contribution is 0.405. The SMILES string of the molecule is Cc1c(-c2nc(NCCCN(C)C)c3ccccc3n2)oc2ccccc12. The van der Waals surface area contributed by atoms with E-state index in [0.717, 1.165) is 58.5 Å². The summed E-state index contributed by atoms with van der Waals surface area (Å²) in [5.41, 5.74) is 2.85. The van der Waals surface area contributed by atoms with Gasteiger partial charge in [0.25, 0.3) is 0 Å². The Morgan fingerprint density at radius 1 is 0.963 bits per heavy atom. The zero-order valence-corrected chi connectivity index (χ0v) is 16.0. The van der Waals surface area contributed by atoms with E-state index in [9.17, 15) is 0 Å². The third-order valence-electron chi connectivity index (χ3n) is 4.72. The van der Waals surface area contributed by atoms with Crippen LogP contribution in [0.15, 0.2) is 52.9 Å². The van der Waals surface area contributed by atoms with Crippen molar-refractivity contribution in [1.29, 1.82) is 0 Å². The zero-order chi connectivity index (χ0) is 18.8. The molecule has 0 bridgehead atoms. The number of hydrogen-bond acceptors (Lipinski definition) is 5. The van der Waals surface area contributed by atoms with Crippen LogP contribution in [0.1, 0.15) is 12.0 Å². The first kappa shape index (κ1) is 17.5. The number of para-hydroxylation sites is 2. The number of furan rings is 1. The summed E-state index contributed by atoms with van der Waals surface area (Å²) >= 11 is 0. The fourth-order valence-electron chi connectivity index (χ4n) is 3.30. The monoisotopic (exact) mass is 360 g/mol. The molecule has 2 heterocycles. The standard InChI is InChI=1S/C22H24N4O/c1-15-16-9-5-7-12-19(16)27-20(15)22-24-18-11-6-4-10-17(18)21(25-22)23-13-8-14-26(2)3/h4-7,9-12H,8,13-14H2,1-3H3,(H,23,24,25). The number of aryl methyl sites for hydroxylation is 1. The lowest BCUT2D eigenvalue weighted by Crippen LogP contribution is -2.16. The van der Waals surface area contributed by atoms with E-state index < -0.39 is 0 Å². The largest absolute Gasteiger partial charge is 0.452 e. The highest BCUT2D eigenvalue weighted by atomic mass is 16.3. The summed E-state index contributed by atoms with van der Waals surface area (Å²) in [6, 6.07) is 16.1. The Morgan fingerprint density at radius 3 is 2.48 bits per heavy atom. The highest BCUT2D eigenvalue weighted by Crippen LogP contribution is 2.33. The molecule has 0 aliphatic heterocycles. The van der Waals surface area contributed by atoms with Crippen molar-refractivity contribution in [3.05, 3.63) is 54.1 Å². The van der Waals surface area contributed by atoms with E-state index in [1.54, 1.807) is 0 Å². The second-order valence-electron chi connectivity index (χ2n) is 7.05. The second-order valence-corrected chi connectivity index (χ2v) is 7.05. The zero-order valence-electron chi connectivity index (χ0n) is 16.0. The van der Waals surface area contributed by atoms with E-state index in [4.69, 9.17) is 14.4 Å². The predicted octanol–water partition coefficient (Wildman–Crippen LogP) is 4.72. The topological polar surface area (TPSA) is 54.2 Å². The smallest absolute Gasteiger partial charge is 0.198 e. The minimum Gasteiger partial charge on any atom is -0.452 e. The minimum atomic E-state index is 0.623. The highest BCUT2D eigenvalue weighted by Gasteiger charge is 2.17. The van der Waals surface area contributed by atoms with Gasteiger partial charge in [-0.1, -0.05) is 30.3 Å². The molecule has 0 saturated carbocycles. The van der Waals surface area contributed by atoms with Crippen molar-refractivity contribution >= 4 is 27.7 Å². The van der Waals surface area contributed by atoms with Crippen LogP contribution < -0.4 is 5.32 Å². The number of anilines is 1. The molecular weight excluding hydrogens is 336 g/mol. The number of aromatic nitrogens is 2. The molecule has 2 aromatic carbocycles. The van der Waals surface area contributed by atoms with Gasteiger partial charge in [-0.2, -0.15) is 0 Å². The molecule has 5 nitrogen and oxygen atoms in total. The molecule has 138 valence electrons. The van der Waals surface area contributed by atoms with Gasteiger partial charge in [-0.15, -0.1) is 0 Å². The summed E-state index contributed by atoms with van der Waals surface area (Å²) in [4.78, 5) is 11.8. The molecule has 27 heavy (non-hydrogen) atoms. The Morgan fingerprint density at radius 2 is 1.70 bits per heavy atom. The third-order valence-corrected chi connectivity index (χ3v) is 4.72. The van der Waals surface area contributed by atoms with E-state index in [0.29, 0.717) is 5.82 Å². The van der Waals surface area contributed by atoms with Crippen LogP contribution >= 0.6 is 0 Å². The summed E-state index contributed by atoms with van der Waals surface area (Å²) in [7, 11) is 4.17. The number of hydrogen-bond donors (Lipinski definition) is 1. The van der Waals surface area contributed by atoms with Gasteiger partial charge in [-0.3, -0.25) is 0 Å². The molecule has 1 N–H and O–H groups in total. The van der Waals surface area contributed by atoms with E-state index in [2.05, 4.69) is 43.4 Å². The van der Waals surface area contributed by atoms with Gasteiger partial charge in [0.15, 0.2) is 11.6 Å². The van der Waals surface area contributed by atoms with Crippen LogP contribution in [-0.4, -0.2) is 42.1 Å². The molecule has 4 aromatic rings. The first-order valence-electron chi connectivity index (χ1n) is 9.27. The number of rotatable bonds is 6. The van der Waals surface area contributed by atoms with E-state index in [1.807, 2.05) is 36.4 Å². The molecule has 0 aliphatic rings. The first-order chi connectivity index (χ1) is 13.1. The van der Waals surface area contributed by atoms with Gasteiger partial charge in [0.1, 0.15) is 11.4 Å². The van der Waals surface area contributed by atoms with Gasteiger partial charge in [-0.05, 0) is 52.2 Å². The quantitative estimate of drug-likeness (QED) is 0.505. The minimum absolute atomic E-state index is 0.623. The van der Waals surface area contributed by atoms with E-state index in [-0.39, 0.29) is 0 Å². The van der Waals surface area contributed by atoms with Crippen molar-refractivity contribution in [3.8, 4) is 11.6 Å². The van der Waals surface area contributed by atoms with Crippen LogP contribution in [0.25, 0.3) is 33.5 Å². The maximum Gasteiger partial charge on any atom is 0.198 e. The second kappa shape index (κ2) is 7.37. The fraction of sp³-hybridized carbons (Fsp3) is 0.273. The number of fused-ring (bicyclic) bond motifs is 2. The lowest BCUT2D eigenvalue weighted by atomic mass is 10.1. The molecule has 0 amide bonds. The predicted molar refractivity (Wildman–Crippen MR) is 111 cm³/mol. The van der Waals surface area contributed by atoms with Gasteiger partial charge in [0.2, 0.25) is 0 Å². The van der Waals surface area contributed by atoms with Gasteiger partial charge < -0.3 is 14.6 Å². The molecule has 0 saturated heterocycles. The van der Waals surface area contributed by atoms with Crippen molar-refractivity contribution in [1.82, 2.24) is 14.9 Å². The molecule has 5 heteroatoms. The average molecular weight is 360 g/mol. The summed E-state index contributed by atoms with van der Waals surface area (Å²) in [6.07, 6.45) is 1.05. The normalized spacial score (nSPS) is 11.6. The Balaban J connectivity index is 1.75. The molecule has 0 atom stereocenters. The van der Waals surface area contributed by atoms with Crippen molar-refractivity contribution in [2.45, 2.75) is 13.3 Å². The van der Waals surface area contributed by atoms with Crippen LogP contribution in [0.4, 0.5) is 5.82 Å². The Bertz CT molecular complexity index is 1080. The fourth-order valence-corrected chi connectivity index (χ4v) is 3.30. The van der Waals surface area contributed by atoms with Crippen molar-refractivity contribution < 1.29 is 4.42 Å². The summed E-state index contributed by atoms with van der Waals surface area (Å²) in [6.45, 7) is 3.95. The van der Waals surface area contributed by atoms with Crippen LogP contribution in [0.2, 0.25) is 0 Å². The van der Waals surface area contributed by atoms with Crippen molar-refractivity contribution in [2.24, 2.45) is 0 Å². The van der Waals surface area contributed by atoms with Gasteiger partial charge in [-0.25, -0.2) is 9.97 Å². The maximum absolute atomic E-state index is 6.09. The summed E-state index contributed by atoms with van der Waals surface area (Å²) in [5.74, 6) is 2.21. The molecule has 2 aromatic heterocycles. The molecule has 4 rings (SSSR count). The van der Waals surface area contributed by atoms with Gasteiger partial charge in [0, 0.05) is 22.9 Å². The van der Waals surface area contributed by atoms with Crippen LogP contribution in [0.5, 0.6) is 0 Å². The van der Waals surface area contributed by atoms with E-state index in [1.165, 1.54) is 0 Å². The van der Waals surface area contributed by atoms with Crippen LogP contribution in [-0.2, 0) is 0 Å². The summed E-state index contributed by atoms with van der Waals surface area (Å²) < 4.78 is 6.09. The number of nitrogens with one attached hydrogen (secondary N) is 1. The van der Waals surface area contributed by atoms with Crippen LogP contribution in [0.3, 0.4) is 0 Å². The molecule has 0 fully saturated rings. The van der Waals surface area contributed by atoms with Crippen molar-refractivity contribution in [2.75, 3.05) is 32.5 Å².